The zero-order chi connectivity index (χ0) is 19.0. The molecule has 0 saturated heterocycles. The standard InChI is InChI=1S/C23H21NO2S/c1-24(2)18-12-8-14-20-22(18)21(17-11-6-7-13-19(17)27-20)15-9-4-5-10-16(15)23(25)26-3/h4-14,21H,1-3H3. The minimum absolute atomic E-state index is 0.0219. The molecular weight excluding hydrogens is 354 g/mol. The number of hydrogen-bond donors (Lipinski definition) is 0. The summed E-state index contributed by atoms with van der Waals surface area (Å²) in [7, 11) is 5.55. The molecule has 0 saturated carbocycles. The highest BCUT2D eigenvalue weighted by atomic mass is 32.2. The molecule has 4 rings (SSSR count). The van der Waals surface area contributed by atoms with Gasteiger partial charge in [0.15, 0.2) is 0 Å². The molecule has 136 valence electrons. The first kappa shape index (κ1) is 17.7. The molecule has 0 spiro atoms. The molecule has 0 N–H and O–H groups in total. The van der Waals surface area contributed by atoms with Gasteiger partial charge in [0.2, 0.25) is 0 Å². The molecule has 0 fully saturated rings. The predicted molar refractivity (Wildman–Crippen MR) is 110 cm³/mol. The Kier molecular flexibility index (Phi) is 4.66. The lowest BCUT2D eigenvalue weighted by Crippen LogP contribution is -2.19. The van der Waals surface area contributed by atoms with E-state index >= 15 is 0 Å². The number of rotatable bonds is 3. The average molecular weight is 375 g/mol. The van der Waals surface area contributed by atoms with Crippen LogP contribution in [0.3, 0.4) is 0 Å². The summed E-state index contributed by atoms with van der Waals surface area (Å²) in [5.74, 6) is -0.323. The molecule has 0 radical (unpaired) electrons. The topological polar surface area (TPSA) is 29.5 Å². The monoisotopic (exact) mass is 375 g/mol. The SMILES string of the molecule is COC(=O)c1ccccc1C1c2ccccc2Sc2cccc(N(C)C)c21. The summed E-state index contributed by atoms with van der Waals surface area (Å²) in [6.45, 7) is 0. The van der Waals surface area contributed by atoms with Gasteiger partial charge in [-0.2, -0.15) is 0 Å². The van der Waals surface area contributed by atoms with Crippen LogP contribution in [-0.4, -0.2) is 27.2 Å². The second kappa shape index (κ2) is 7.12. The van der Waals surface area contributed by atoms with E-state index in [-0.39, 0.29) is 11.9 Å². The van der Waals surface area contributed by atoms with E-state index in [0.29, 0.717) is 5.56 Å². The molecule has 1 heterocycles. The van der Waals surface area contributed by atoms with Gasteiger partial charge >= 0.3 is 5.97 Å². The number of anilines is 1. The van der Waals surface area contributed by atoms with Crippen molar-refractivity contribution >= 4 is 23.4 Å². The van der Waals surface area contributed by atoms with Crippen molar-refractivity contribution in [3.63, 3.8) is 0 Å². The molecule has 1 aliphatic rings. The number of hydrogen-bond acceptors (Lipinski definition) is 4. The largest absolute Gasteiger partial charge is 0.465 e. The maximum atomic E-state index is 12.5. The molecule has 27 heavy (non-hydrogen) atoms. The van der Waals surface area contributed by atoms with E-state index in [9.17, 15) is 4.79 Å². The van der Waals surface area contributed by atoms with Gasteiger partial charge in [-0.3, -0.25) is 0 Å². The summed E-state index contributed by atoms with van der Waals surface area (Å²) in [5.41, 5.74) is 5.22. The molecule has 1 aliphatic heterocycles. The number of methoxy groups -OCH3 is 1. The van der Waals surface area contributed by atoms with Crippen molar-refractivity contribution in [1.29, 1.82) is 0 Å². The number of nitrogens with zero attached hydrogens (tertiary/aromatic N) is 1. The molecule has 0 amide bonds. The Morgan fingerprint density at radius 1 is 0.889 bits per heavy atom. The first-order chi connectivity index (χ1) is 13.1. The molecule has 1 unspecified atom stereocenters. The Bertz CT molecular complexity index is 1010. The number of carbonyl (C=O) groups is 1. The Morgan fingerprint density at radius 2 is 1.56 bits per heavy atom. The highest BCUT2D eigenvalue weighted by Gasteiger charge is 2.32. The fourth-order valence-corrected chi connectivity index (χ4v) is 4.92. The molecule has 0 bridgehead atoms. The predicted octanol–water partition coefficient (Wildman–Crippen LogP) is 5.18. The Labute approximate surface area is 164 Å². The molecular formula is C23H21NO2S. The van der Waals surface area contributed by atoms with Crippen LogP contribution in [0, 0.1) is 0 Å². The Hall–Kier alpha value is -2.72. The van der Waals surface area contributed by atoms with E-state index in [4.69, 9.17) is 4.74 Å². The van der Waals surface area contributed by atoms with Crippen LogP contribution in [0.1, 0.15) is 33.0 Å². The summed E-state index contributed by atoms with van der Waals surface area (Å²) >= 11 is 1.79. The van der Waals surface area contributed by atoms with Gasteiger partial charge in [-0.15, -0.1) is 0 Å². The van der Waals surface area contributed by atoms with Gasteiger partial charge in [-0.1, -0.05) is 54.2 Å². The Morgan fingerprint density at radius 3 is 2.30 bits per heavy atom. The first-order valence-corrected chi connectivity index (χ1v) is 9.67. The number of carbonyl (C=O) groups excluding carboxylic acids is 1. The van der Waals surface area contributed by atoms with E-state index in [2.05, 4.69) is 61.5 Å². The van der Waals surface area contributed by atoms with Crippen LogP contribution in [0.4, 0.5) is 5.69 Å². The minimum atomic E-state index is -0.301. The zero-order valence-corrected chi connectivity index (χ0v) is 16.4. The normalized spacial score (nSPS) is 14.9. The molecule has 1 atom stereocenters. The van der Waals surface area contributed by atoms with Crippen molar-refractivity contribution < 1.29 is 9.53 Å². The van der Waals surface area contributed by atoms with Crippen molar-refractivity contribution in [3.05, 3.63) is 89.0 Å². The maximum absolute atomic E-state index is 12.5. The fourth-order valence-electron chi connectivity index (χ4n) is 3.76. The summed E-state index contributed by atoms with van der Waals surface area (Å²) in [4.78, 5) is 17.1. The average Bonchev–Trinajstić information content (AvgIpc) is 2.70. The van der Waals surface area contributed by atoms with Crippen molar-refractivity contribution in [1.82, 2.24) is 0 Å². The quantitative estimate of drug-likeness (QED) is 0.461. The summed E-state index contributed by atoms with van der Waals surface area (Å²) in [5, 5.41) is 0. The summed E-state index contributed by atoms with van der Waals surface area (Å²) in [6, 6.07) is 22.6. The molecule has 0 aromatic heterocycles. The minimum Gasteiger partial charge on any atom is -0.465 e. The fraction of sp³-hybridized carbons (Fsp3) is 0.174. The lowest BCUT2D eigenvalue weighted by molar-refractivity contribution is 0.0599. The van der Waals surface area contributed by atoms with E-state index in [0.717, 1.165) is 5.56 Å². The van der Waals surface area contributed by atoms with Crippen LogP contribution < -0.4 is 4.90 Å². The summed E-state index contributed by atoms with van der Waals surface area (Å²) < 4.78 is 5.07. The third kappa shape index (κ3) is 3.00. The van der Waals surface area contributed by atoms with Crippen LogP contribution in [-0.2, 0) is 4.74 Å². The highest BCUT2D eigenvalue weighted by Crippen LogP contribution is 2.51. The molecule has 3 aromatic carbocycles. The first-order valence-electron chi connectivity index (χ1n) is 8.86. The summed E-state index contributed by atoms with van der Waals surface area (Å²) in [6.07, 6.45) is 0. The van der Waals surface area contributed by atoms with Crippen LogP contribution in [0.25, 0.3) is 0 Å². The van der Waals surface area contributed by atoms with Crippen molar-refractivity contribution in [2.75, 3.05) is 26.1 Å². The lowest BCUT2D eigenvalue weighted by atomic mass is 9.81. The number of benzene rings is 3. The van der Waals surface area contributed by atoms with E-state index < -0.39 is 0 Å². The van der Waals surface area contributed by atoms with Gasteiger partial charge in [0.1, 0.15) is 0 Å². The molecule has 3 nitrogen and oxygen atoms in total. The Balaban J connectivity index is 2.04. The van der Waals surface area contributed by atoms with E-state index in [1.807, 2.05) is 24.3 Å². The van der Waals surface area contributed by atoms with E-state index in [1.165, 1.54) is 33.7 Å². The smallest absolute Gasteiger partial charge is 0.338 e. The van der Waals surface area contributed by atoms with Gasteiger partial charge in [-0.25, -0.2) is 4.79 Å². The second-order valence-electron chi connectivity index (χ2n) is 6.74. The van der Waals surface area contributed by atoms with Gasteiger partial charge in [0.25, 0.3) is 0 Å². The zero-order valence-electron chi connectivity index (χ0n) is 15.6. The maximum Gasteiger partial charge on any atom is 0.338 e. The number of esters is 1. The third-order valence-electron chi connectivity index (χ3n) is 4.94. The van der Waals surface area contributed by atoms with Crippen LogP contribution >= 0.6 is 11.8 Å². The second-order valence-corrected chi connectivity index (χ2v) is 7.82. The van der Waals surface area contributed by atoms with E-state index in [1.54, 1.807) is 11.8 Å². The van der Waals surface area contributed by atoms with Crippen molar-refractivity contribution in [2.24, 2.45) is 0 Å². The lowest BCUT2D eigenvalue weighted by Gasteiger charge is -2.32. The molecule has 4 heteroatoms. The van der Waals surface area contributed by atoms with Gasteiger partial charge < -0.3 is 9.64 Å². The van der Waals surface area contributed by atoms with Gasteiger partial charge in [0.05, 0.1) is 12.7 Å². The van der Waals surface area contributed by atoms with Gasteiger partial charge in [-0.05, 0) is 35.4 Å². The van der Waals surface area contributed by atoms with Crippen molar-refractivity contribution in [3.8, 4) is 0 Å². The van der Waals surface area contributed by atoms with Crippen LogP contribution in [0.15, 0.2) is 76.5 Å². The highest BCUT2D eigenvalue weighted by molar-refractivity contribution is 7.99. The van der Waals surface area contributed by atoms with Crippen LogP contribution in [0.2, 0.25) is 0 Å². The van der Waals surface area contributed by atoms with Crippen molar-refractivity contribution in [2.45, 2.75) is 15.7 Å². The van der Waals surface area contributed by atoms with Crippen LogP contribution in [0.5, 0.6) is 0 Å². The molecule has 3 aromatic rings. The number of ether oxygens (including phenoxy) is 1. The van der Waals surface area contributed by atoms with Gasteiger partial charge in [0, 0.05) is 41.1 Å². The third-order valence-corrected chi connectivity index (χ3v) is 6.11. The molecule has 0 aliphatic carbocycles. The number of fused-ring (bicyclic) bond motifs is 2.